The molecule has 0 spiro atoms. The number of esters is 3. The van der Waals surface area contributed by atoms with Gasteiger partial charge in [-0.15, -0.1) is 0 Å². The van der Waals surface area contributed by atoms with Crippen LogP contribution < -0.4 is 0 Å². The minimum atomic E-state index is -0.707. The molecule has 1 rings (SSSR count). The van der Waals surface area contributed by atoms with Crippen molar-refractivity contribution in [3.8, 4) is 0 Å². The molecular formula is C10H13NO6. The number of carbonyl (C=O) groups excluding carboxylic acids is 3. The second-order valence-electron chi connectivity index (χ2n) is 3.24. The molecule has 94 valence electrons. The number of hydrogen-bond acceptors (Lipinski definition) is 7. The Kier molecular flexibility index (Phi) is 4.08. The molecule has 0 aromatic heterocycles. The molecule has 7 nitrogen and oxygen atoms in total. The van der Waals surface area contributed by atoms with E-state index in [9.17, 15) is 14.4 Å². The van der Waals surface area contributed by atoms with E-state index >= 15 is 0 Å². The van der Waals surface area contributed by atoms with Gasteiger partial charge < -0.3 is 19.1 Å². The Morgan fingerprint density at radius 2 is 1.76 bits per heavy atom. The highest BCUT2D eigenvalue weighted by atomic mass is 16.5. The molecule has 1 aliphatic heterocycles. The molecule has 1 unspecified atom stereocenters. The van der Waals surface area contributed by atoms with Crippen LogP contribution >= 0.6 is 0 Å². The fourth-order valence-corrected chi connectivity index (χ4v) is 1.28. The summed E-state index contributed by atoms with van der Waals surface area (Å²) in [6, 6.07) is -0.546. The average Bonchev–Trinajstić information content (AvgIpc) is 3.13. The van der Waals surface area contributed by atoms with Crippen LogP contribution in [0.3, 0.4) is 0 Å². The van der Waals surface area contributed by atoms with E-state index in [1.807, 2.05) is 0 Å². The van der Waals surface area contributed by atoms with E-state index in [-0.39, 0.29) is 5.70 Å². The zero-order chi connectivity index (χ0) is 13.0. The van der Waals surface area contributed by atoms with Crippen LogP contribution in [0.2, 0.25) is 0 Å². The Balaban J connectivity index is 2.81. The number of hydrogen-bond donors (Lipinski definition) is 0. The van der Waals surface area contributed by atoms with Gasteiger partial charge in [-0.2, -0.15) is 0 Å². The number of methoxy groups -OCH3 is 3. The van der Waals surface area contributed by atoms with E-state index in [2.05, 4.69) is 14.2 Å². The van der Waals surface area contributed by atoms with Crippen molar-refractivity contribution in [1.29, 1.82) is 0 Å². The molecule has 0 radical (unpaired) electrons. The van der Waals surface area contributed by atoms with Gasteiger partial charge in [-0.1, -0.05) is 0 Å². The molecule has 1 heterocycles. The molecule has 17 heavy (non-hydrogen) atoms. The summed E-state index contributed by atoms with van der Waals surface area (Å²) >= 11 is 0. The van der Waals surface area contributed by atoms with Crippen LogP contribution in [0.1, 0.15) is 0 Å². The van der Waals surface area contributed by atoms with Gasteiger partial charge >= 0.3 is 17.9 Å². The van der Waals surface area contributed by atoms with Crippen LogP contribution in [0.5, 0.6) is 0 Å². The lowest BCUT2D eigenvalue weighted by Crippen LogP contribution is -2.20. The third kappa shape index (κ3) is 2.96. The highest BCUT2D eigenvalue weighted by Crippen LogP contribution is 2.25. The molecule has 0 N–H and O–H groups in total. The van der Waals surface area contributed by atoms with Crippen molar-refractivity contribution in [3.05, 3.63) is 11.8 Å². The molecule has 7 heteroatoms. The number of nitrogens with zero attached hydrogens (tertiary/aromatic N) is 1. The van der Waals surface area contributed by atoms with Crippen LogP contribution in [-0.2, 0) is 28.6 Å². The largest absolute Gasteiger partial charge is 0.467 e. The zero-order valence-electron chi connectivity index (χ0n) is 9.76. The van der Waals surface area contributed by atoms with E-state index in [1.54, 1.807) is 0 Å². The first-order chi connectivity index (χ1) is 8.04. The lowest BCUT2D eigenvalue weighted by molar-refractivity contribution is -0.141. The Morgan fingerprint density at radius 1 is 1.12 bits per heavy atom. The summed E-state index contributed by atoms with van der Waals surface area (Å²) in [6.07, 6.45) is 0.981. The van der Waals surface area contributed by atoms with Gasteiger partial charge in [0.2, 0.25) is 0 Å². The second kappa shape index (κ2) is 5.33. The van der Waals surface area contributed by atoms with E-state index in [1.165, 1.54) is 26.2 Å². The lowest BCUT2D eigenvalue weighted by Gasteiger charge is -2.07. The summed E-state index contributed by atoms with van der Waals surface area (Å²) in [7, 11) is 3.62. The van der Waals surface area contributed by atoms with Crippen molar-refractivity contribution in [1.82, 2.24) is 4.90 Å². The Hall–Kier alpha value is -2.05. The van der Waals surface area contributed by atoms with Crippen LogP contribution in [0.15, 0.2) is 11.8 Å². The predicted octanol–water partition coefficient (Wildman–Crippen LogP) is -0.926. The van der Waals surface area contributed by atoms with Crippen molar-refractivity contribution >= 4 is 17.9 Å². The van der Waals surface area contributed by atoms with Crippen LogP contribution in [0, 0.1) is 0 Å². The minimum Gasteiger partial charge on any atom is -0.467 e. The first-order valence-electron chi connectivity index (χ1n) is 4.77. The molecule has 0 saturated carbocycles. The summed E-state index contributed by atoms with van der Waals surface area (Å²) in [6.45, 7) is 0.310. The molecular weight excluding hydrogens is 230 g/mol. The summed E-state index contributed by atoms with van der Waals surface area (Å²) < 4.78 is 13.4. The van der Waals surface area contributed by atoms with Crippen molar-refractivity contribution < 1.29 is 28.6 Å². The summed E-state index contributed by atoms with van der Waals surface area (Å²) in [5, 5.41) is 0. The van der Waals surface area contributed by atoms with Crippen molar-refractivity contribution in [2.24, 2.45) is 0 Å². The quantitative estimate of drug-likeness (QED) is 0.273. The SMILES string of the molecule is COC(=O)/C=C(/C(=O)OC)N1CC1C(=O)OC. The highest BCUT2D eigenvalue weighted by molar-refractivity contribution is 5.97. The normalized spacial score (nSPS) is 18.4. The van der Waals surface area contributed by atoms with Crippen LogP contribution in [0.4, 0.5) is 0 Å². The summed E-state index contributed by atoms with van der Waals surface area (Å²) in [5.74, 6) is -1.87. The molecule has 0 amide bonds. The molecule has 0 aromatic carbocycles. The standard InChI is InChI=1S/C10H13NO6/c1-15-8(12)4-6(9(13)16-2)11-5-7(11)10(14)17-3/h4,7H,5H2,1-3H3/b6-4-. The van der Waals surface area contributed by atoms with E-state index in [0.29, 0.717) is 6.54 Å². The van der Waals surface area contributed by atoms with Crippen LogP contribution in [-0.4, -0.2) is 56.7 Å². The minimum absolute atomic E-state index is 0.0187. The lowest BCUT2D eigenvalue weighted by atomic mass is 10.4. The van der Waals surface area contributed by atoms with Gasteiger partial charge in [0.1, 0.15) is 11.7 Å². The monoisotopic (exact) mass is 243 g/mol. The molecule has 1 saturated heterocycles. The fraction of sp³-hybridized carbons (Fsp3) is 0.500. The van der Waals surface area contributed by atoms with E-state index < -0.39 is 23.9 Å². The summed E-state index contributed by atoms with van der Waals surface area (Å²) in [5.41, 5.74) is -0.0187. The third-order valence-corrected chi connectivity index (χ3v) is 2.25. The number of rotatable bonds is 4. The average molecular weight is 243 g/mol. The topological polar surface area (TPSA) is 81.9 Å². The Bertz CT molecular complexity index is 375. The maximum absolute atomic E-state index is 11.4. The Morgan fingerprint density at radius 3 is 2.24 bits per heavy atom. The van der Waals surface area contributed by atoms with Crippen molar-refractivity contribution in [3.63, 3.8) is 0 Å². The number of carbonyl (C=O) groups is 3. The predicted molar refractivity (Wildman–Crippen MR) is 54.6 cm³/mol. The third-order valence-electron chi connectivity index (χ3n) is 2.25. The Labute approximate surface area is 97.9 Å². The van der Waals surface area contributed by atoms with Crippen molar-refractivity contribution in [2.45, 2.75) is 6.04 Å². The van der Waals surface area contributed by atoms with Gasteiger partial charge in [-0.3, -0.25) is 0 Å². The molecule has 0 bridgehead atoms. The maximum atomic E-state index is 11.4. The van der Waals surface area contributed by atoms with Crippen LogP contribution in [0.25, 0.3) is 0 Å². The summed E-state index contributed by atoms with van der Waals surface area (Å²) in [4.78, 5) is 35.1. The first-order valence-corrected chi connectivity index (χ1v) is 4.77. The second-order valence-corrected chi connectivity index (χ2v) is 3.24. The molecule has 0 aromatic rings. The van der Waals surface area contributed by atoms with Gasteiger partial charge in [-0.05, 0) is 0 Å². The highest BCUT2D eigenvalue weighted by Gasteiger charge is 2.45. The smallest absolute Gasteiger partial charge is 0.354 e. The maximum Gasteiger partial charge on any atom is 0.354 e. The first kappa shape index (κ1) is 13.0. The molecule has 1 fully saturated rings. The van der Waals surface area contributed by atoms with Gasteiger partial charge in [-0.25, -0.2) is 14.4 Å². The fourth-order valence-electron chi connectivity index (χ4n) is 1.28. The molecule has 0 aliphatic carbocycles. The molecule has 1 aliphatic rings. The van der Waals surface area contributed by atoms with E-state index in [0.717, 1.165) is 6.08 Å². The van der Waals surface area contributed by atoms with Gasteiger partial charge in [0.05, 0.1) is 34.0 Å². The van der Waals surface area contributed by atoms with Gasteiger partial charge in [0.15, 0.2) is 0 Å². The van der Waals surface area contributed by atoms with Crippen molar-refractivity contribution in [2.75, 3.05) is 27.9 Å². The zero-order valence-corrected chi connectivity index (χ0v) is 9.76. The van der Waals surface area contributed by atoms with Gasteiger partial charge in [0.25, 0.3) is 0 Å². The van der Waals surface area contributed by atoms with E-state index in [4.69, 9.17) is 0 Å². The number of ether oxygens (including phenoxy) is 3. The molecule has 1 atom stereocenters. The van der Waals surface area contributed by atoms with Gasteiger partial charge in [0, 0.05) is 0 Å².